The number of ether oxygens (including phenoxy) is 1. The standard InChI is InChI=1S/C45H67ClN8O10S2/c1-8-11-12-13-14-15-16-17-18-19-20-21-22-23-29-66(60,61)49-35-24-26-37(46)38(31-35)47-42(56)40(41(55)45(5,6)7)63-39-27-25-36(54(58)59)30-34(39)32-52(10-3)44(57)65-43-48-50-51-53(43)33(4)64-62-28-9-2/h24-27,30-31,40,49H,4,8-23,28-29,32H2,1-3,5-7H3,(H,47,56). The lowest BCUT2D eigenvalue weighted by molar-refractivity contribution is -0.385. The number of carbonyl (C=O) groups is 3. The Morgan fingerprint density at radius 2 is 1.55 bits per heavy atom. The van der Waals surface area contributed by atoms with Gasteiger partial charge in [0.05, 0.1) is 40.2 Å². The zero-order chi connectivity index (χ0) is 48.7. The molecule has 1 atom stereocenters. The molecule has 0 saturated heterocycles. The summed E-state index contributed by atoms with van der Waals surface area (Å²) < 4.78 is 35.9. The van der Waals surface area contributed by atoms with Gasteiger partial charge in [-0.2, -0.15) is 9.57 Å². The van der Waals surface area contributed by atoms with Crippen molar-refractivity contribution in [2.24, 2.45) is 5.41 Å². The molecule has 0 saturated carbocycles. The van der Waals surface area contributed by atoms with Gasteiger partial charge in [0, 0.05) is 41.4 Å². The van der Waals surface area contributed by atoms with Gasteiger partial charge in [0.25, 0.3) is 22.7 Å². The van der Waals surface area contributed by atoms with E-state index in [9.17, 15) is 32.9 Å². The van der Waals surface area contributed by atoms with Crippen LogP contribution in [0.4, 0.5) is 21.9 Å². The van der Waals surface area contributed by atoms with Crippen LogP contribution in [0, 0.1) is 15.5 Å². The number of benzene rings is 2. The maximum Gasteiger partial charge on any atom is 0.289 e. The van der Waals surface area contributed by atoms with Crippen LogP contribution in [-0.4, -0.2) is 80.4 Å². The normalized spacial score (nSPS) is 12.0. The molecule has 1 heterocycles. The number of tetrazole rings is 1. The average Bonchev–Trinajstić information content (AvgIpc) is 3.73. The van der Waals surface area contributed by atoms with Crippen LogP contribution in [0.5, 0.6) is 5.75 Å². The fourth-order valence-electron chi connectivity index (χ4n) is 6.55. The first-order chi connectivity index (χ1) is 31.4. The molecule has 0 spiro atoms. The van der Waals surface area contributed by atoms with Gasteiger partial charge < -0.3 is 19.8 Å². The molecule has 1 unspecified atom stereocenters. The van der Waals surface area contributed by atoms with Crippen molar-refractivity contribution in [1.29, 1.82) is 0 Å². The minimum absolute atomic E-state index is 0.00437. The second-order valence-corrected chi connectivity index (χ2v) is 20.1. The first-order valence-corrected chi connectivity index (χ1v) is 25.6. The first kappa shape index (κ1) is 55.5. The Kier molecular flexibility index (Phi) is 23.9. The Balaban J connectivity index is 1.70. The Labute approximate surface area is 398 Å². The molecule has 2 aromatic carbocycles. The molecule has 18 nitrogen and oxygen atoms in total. The summed E-state index contributed by atoms with van der Waals surface area (Å²) in [4.78, 5) is 64.3. The summed E-state index contributed by atoms with van der Waals surface area (Å²) in [7, 11) is -3.74. The number of hydrogen-bond acceptors (Lipinski definition) is 14. The molecule has 3 rings (SSSR count). The number of nitrogens with zero attached hydrogens (tertiary/aromatic N) is 6. The van der Waals surface area contributed by atoms with E-state index in [-0.39, 0.29) is 69.9 Å². The SMILES string of the molecule is C=C(OOCCC)n1nnnc1SC(=O)N(CC)Cc1cc([N+](=O)[O-])ccc1OC(C(=O)Nc1cc(NS(=O)(=O)CCCCCCCCCCCCCCCC)ccc1Cl)C(=O)C(C)(C)C. The minimum atomic E-state index is -3.74. The van der Waals surface area contributed by atoms with Gasteiger partial charge in [0.2, 0.25) is 21.3 Å². The molecule has 0 aliphatic rings. The number of hydrogen-bond donors (Lipinski definition) is 2. The maximum atomic E-state index is 14.1. The number of halogens is 1. The molecule has 0 aliphatic carbocycles. The van der Waals surface area contributed by atoms with Crippen molar-refractivity contribution in [2.75, 3.05) is 28.9 Å². The third kappa shape index (κ3) is 19.2. The van der Waals surface area contributed by atoms with Crippen molar-refractivity contribution >= 4 is 73.3 Å². The second kappa shape index (κ2) is 28.4. The molecule has 366 valence electrons. The number of nitro groups is 1. The fraction of sp³-hybridized carbons (Fsp3) is 0.600. The van der Waals surface area contributed by atoms with E-state index in [0.717, 1.165) is 36.4 Å². The Bertz CT molecular complexity index is 2170. The number of nitro benzene ring substituents is 1. The predicted molar refractivity (Wildman–Crippen MR) is 258 cm³/mol. The number of sulfonamides is 1. The second-order valence-electron chi connectivity index (χ2n) is 16.9. The van der Waals surface area contributed by atoms with Crippen LogP contribution < -0.4 is 14.8 Å². The van der Waals surface area contributed by atoms with E-state index in [2.05, 4.69) is 39.1 Å². The van der Waals surface area contributed by atoms with E-state index in [1.165, 1.54) is 93.0 Å². The average molecular weight is 980 g/mol. The fourth-order valence-corrected chi connectivity index (χ4v) is 8.66. The third-order valence-corrected chi connectivity index (χ3v) is 12.9. The van der Waals surface area contributed by atoms with Crippen LogP contribution in [0.1, 0.15) is 143 Å². The molecule has 3 aromatic rings. The third-order valence-electron chi connectivity index (χ3n) is 10.3. The monoisotopic (exact) mass is 978 g/mol. The number of ketones is 1. The van der Waals surface area contributed by atoms with Crippen molar-refractivity contribution < 1.29 is 42.2 Å². The van der Waals surface area contributed by atoms with Gasteiger partial charge in [-0.25, -0.2) is 8.42 Å². The number of carbonyl (C=O) groups excluding carboxylic acids is 3. The zero-order valence-corrected chi connectivity index (χ0v) is 41.5. The van der Waals surface area contributed by atoms with Crippen LogP contribution in [0.25, 0.3) is 5.88 Å². The van der Waals surface area contributed by atoms with Crippen LogP contribution in [0.2, 0.25) is 5.02 Å². The molecule has 2 N–H and O–H groups in total. The van der Waals surface area contributed by atoms with Crippen molar-refractivity contribution in [2.45, 2.75) is 156 Å². The zero-order valence-electron chi connectivity index (χ0n) is 39.1. The quantitative estimate of drug-likeness (QED) is 0.0113. The van der Waals surface area contributed by atoms with Crippen LogP contribution in [0.15, 0.2) is 48.1 Å². The number of aromatic nitrogens is 4. The highest BCUT2D eigenvalue weighted by atomic mass is 35.5. The van der Waals surface area contributed by atoms with E-state index in [1.807, 2.05) is 6.92 Å². The molecule has 0 fully saturated rings. The molecule has 21 heteroatoms. The predicted octanol–water partition coefficient (Wildman–Crippen LogP) is 11.0. The topological polar surface area (TPSA) is 227 Å². The van der Waals surface area contributed by atoms with E-state index in [4.69, 9.17) is 26.1 Å². The van der Waals surface area contributed by atoms with Gasteiger partial charge in [-0.15, -0.1) is 5.10 Å². The largest absolute Gasteiger partial charge is 0.472 e. The van der Waals surface area contributed by atoms with Crippen molar-refractivity contribution in [3.63, 3.8) is 0 Å². The smallest absolute Gasteiger partial charge is 0.289 e. The molecule has 2 amide bonds. The van der Waals surface area contributed by atoms with Crippen LogP contribution >= 0.6 is 23.4 Å². The summed E-state index contributed by atoms with van der Waals surface area (Å²) in [6.07, 6.45) is 14.9. The van der Waals surface area contributed by atoms with Crippen LogP contribution in [-0.2, 0) is 35.9 Å². The molecule has 66 heavy (non-hydrogen) atoms. The van der Waals surface area contributed by atoms with Gasteiger partial charge in [-0.3, -0.25) is 29.2 Å². The van der Waals surface area contributed by atoms with Crippen LogP contribution in [0.3, 0.4) is 0 Å². The first-order valence-electron chi connectivity index (χ1n) is 22.7. The lowest BCUT2D eigenvalue weighted by Gasteiger charge is -2.27. The van der Waals surface area contributed by atoms with E-state index >= 15 is 0 Å². The van der Waals surface area contributed by atoms with Gasteiger partial charge >= 0.3 is 0 Å². The Morgan fingerprint density at radius 3 is 2.12 bits per heavy atom. The van der Waals surface area contributed by atoms with E-state index in [0.29, 0.717) is 24.6 Å². The lowest BCUT2D eigenvalue weighted by Crippen LogP contribution is -2.45. The number of Topliss-reactive ketones (excluding diaryl/α,β-unsaturated/α-hetero) is 1. The summed E-state index contributed by atoms with van der Waals surface area (Å²) in [6.45, 7) is 14.4. The highest BCUT2D eigenvalue weighted by Gasteiger charge is 2.38. The number of anilines is 2. The number of unbranched alkanes of at least 4 members (excludes halogenated alkanes) is 13. The summed E-state index contributed by atoms with van der Waals surface area (Å²) in [5.74, 6) is -1.87. The molecular formula is C45H67ClN8O10S2. The molecule has 0 bridgehead atoms. The van der Waals surface area contributed by atoms with Gasteiger partial charge in [0.1, 0.15) is 5.75 Å². The summed E-state index contributed by atoms with van der Waals surface area (Å²) in [5, 5.41) is 25.2. The number of non-ortho nitro benzene ring substituents is 1. The summed E-state index contributed by atoms with van der Waals surface area (Å²) >= 11 is 7.10. The highest BCUT2D eigenvalue weighted by Crippen LogP contribution is 2.32. The number of amides is 2. The van der Waals surface area contributed by atoms with Crippen molar-refractivity contribution in [3.8, 4) is 5.75 Å². The minimum Gasteiger partial charge on any atom is -0.472 e. The molecular weight excluding hydrogens is 912 g/mol. The molecule has 1 aromatic heterocycles. The number of nitrogens with one attached hydrogen (secondary N) is 2. The molecule has 0 radical (unpaired) electrons. The van der Waals surface area contributed by atoms with E-state index < -0.39 is 43.4 Å². The highest BCUT2D eigenvalue weighted by molar-refractivity contribution is 8.13. The lowest BCUT2D eigenvalue weighted by atomic mass is 9.87. The Hall–Kier alpha value is -4.79. The molecule has 0 aliphatic heterocycles. The van der Waals surface area contributed by atoms with Crippen molar-refractivity contribution in [1.82, 2.24) is 25.1 Å². The summed E-state index contributed by atoms with van der Waals surface area (Å²) in [5.41, 5.74) is -1.21. The maximum absolute atomic E-state index is 14.1. The number of rotatable bonds is 32. The number of thioether (sulfide) groups is 1. The van der Waals surface area contributed by atoms with Gasteiger partial charge in [0.15, 0.2) is 5.78 Å². The Morgan fingerprint density at radius 1 is 0.924 bits per heavy atom. The summed E-state index contributed by atoms with van der Waals surface area (Å²) in [6, 6.07) is 7.79. The van der Waals surface area contributed by atoms with E-state index in [1.54, 1.807) is 27.7 Å². The van der Waals surface area contributed by atoms with Crippen molar-refractivity contribution in [3.05, 3.63) is 63.7 Å². The van der Waals surface area contributed by atoms with Gasteiger partial charge in [-0.05, 0) is 61.0 Å². The van der Waals surface area contributed by atoms with Gasteiger partial charge in [-0.1, -0.05) is 130 Å².